The lowest BCUT2D eigenvalue weighted by Gasteiger charge is -2.35. The molecule has 0 N–H and O–H groups in total. The summed E-state index contributed by atoms with van der Waals surface area (Å²) in [6.07, 6.45) is 2.71. The summed E-state index contributed by atoms with van der Waals surface area (Å²) in [5.41, 5.74) is 0. The van der Waals surface area contributed by atoms with Gasteiger partial charge in [0.1, 0.15) is 0 Å². The molecule has 0 unspecified atom stereocenters. The van der Waals surface area contributed by atoms with Crippen LogP contribution in [-0.4, -0.2) is 48.9 Å². The molecule has 0 spiro atoms. The Bertz CT molecular complexity index is 398. The number of rotatable bonds is 14. The van der Waals surface area contributed by atoms with Gasteiger partial charge >= 0.3 is 0 Å². The summed E-state index contributed by atoms with van der Waals surface area (Å²) < 4.78 is 34.3. The lowest BCUT2D eigenvalue weighted by atomic mass is 10.1. The van der Waals surface area contributed by atoms with Crippen molar-refractivity contribution in [1.82, 2.24) is 0 Å². The molecule has 0 aliphatic carbocycles. The van der Waals surface area contributed by atoms with Crippen molar-refractivity contribution in [2.45, 2.75) is 116 Å². The molecule has 0 heterocycles. The van der Waals surface area contributed by atoms with E-state index in [-0.39, 0.29) is 0 Å². The summed E-state index contributed by atoms with van der Waals surface area (Å²) in [4.78, 5) is 0. The van der Waals surface area contributed by atoms with Crippen LogP contribution in [0.1, 0.15) is 25.7 Å². The standard InChI is InChI=1S/C18H47FO3Si5/c1-23(2)21-26(8,9)16-12-14-18(19,20-25(5,6)7)15-13-17-27(10,11)22-24(3)4/h23-24H,12-17H2,1-11H3. The van der Waals surface area contributed by atoms with Gasteiger partial charge in [0.2, 0.25) is 0 Å². The van der Waals surface area contributed by atoms with Crippen molar-refractivity contribution in [2.24, 2.45) is 0 Å². The number of hydrogen-bond acceptors (Lipinski definition) is 3. The molecule has 27 heavy (non-hydrogen) atoms. The van der Waals surface area contributed by atoms with Gasteiger partial charge in [-0.25, -0.2) is 4.39 Å². The second kappa shape index (κ2) is 11.3. The average Bonchev–Trinajstić information content (AvgIpc) is 2.31. The SMILES string of the molecule is C[SiH](C)O[Si](C)(C)CCCC(F)(CCC[Si](C)(C)O[SiH](C)C)O[Si](C)(C)C. The Hall–Kier alpha value is 0.894. The molecule has 0 bridgehead atoms. The van der Waals surface area contributed by atoms with Crippen LogP contribution in [-0.2, 0) is 12.7 Å². The Morgan fingerprint density at radius 1 is 0.704 bits per heavy atom. The fourth-order valence-electron chi connectivity index (χ4n) is 3.73. The van der Waals surface area contributed by atoms with E-state index in [0.29, 0.717) is 12.8 Å². The second-order valence-corrected chi connectivity index (χ2v) is 29.2. The van der Waals surface area contributed by atoms with Gasteiger partial charge in [0, 0.05) is 12.8 Å². The van der Waals surface area contributed by atoms with Crippen LogP contribution in [0.4, 0.5) is 4.39 Å². The Balaban J connectivity index is 4.77. The van der Waals surface area contributed by atoms with E-state index in [0.717, 1.165) is 24.9 Å². The van der Waals surface area contributed by atoms with E-state index in [4.69, 9.17) is 12.7 Å². The van der Waals surface area contributed by atoms with E-state index in [1.807, 2.05) is 0 Å². The molecule has 0 aromatic rings. The Morgan fingerprint density at radius 2 is 1.04 bits per heavy atom. The van der Waals surface area contributed by atoms with Crippen LogP contribution < -0.4 is 0 Å². The first kappa shape index (κ1) is 27.9. The van der Waals surface area contributed by atoms with Crippen molar-refractivity contribution in [2.75, 3.05) is 0 Å². The predicted molar refractivity (Wildman–Crippen MR) is 131 cm³/mol. The van der Waals surface area contributed by atoms with Crippen molar-refractivity contribution >= 4 is 43.0 Å². The highest BCUT2D eigenvalue weighted by Gasteiger charge is 2.37. The minimum Gasteiger partial charge on any atom is -0.458 e. The maximum absolute atomic E-state index is 15.7. The molecule has 0 saturated heterocycles. The molecule has 0 rings (SSSR count). The summed E-state index contributed by atoms with van der Waals surface area (Å²) in [5.74, 6) is -1.48. The van der Waals surface area contributed by atoms with Gasteiger partial charge in [-0.3, -0.25) is 0 Å². The van der Waals surface area contributed by atoms with E-state index >= 15 is 4.39 Å². The van der Waals surface area contributed by atoms with E-state index in [1.54, 1.807) is 0 Å². The van der Waals surface area contributed by atoms with Crippen molar-refractivity contribution in [3.05, 3.63) is 0 Å². The maximum Gasteiger partial charge on any atom is 0.200 e. The first-order valence-electron chi connectivity index (χ1n) is 10.7. The molecular formula is C18H47FO3Si5. The van der Waals surface area contributed by atoms with Crippen LogP contribution in [0.25, 0.3) is 0 Å². The van der Waals surface area contributed by atoms with Gasteiger partial charge in [-0.1, -0.05) is 0 Å². The molecule has 9 heteroatoms. The molecule has 0 aromatic heterocycles. The Kier molecular flexibility index (Phi) is 11.7. The van der Waals surface area contributed by atoms with Crippen LogP contribution in [0.2, 0.25) is 84.1 Å². The van der Waals surface area contributed by atoms with E-state index in [9.17, 15) is 0 Å². The summed E-state index contributed by atoms with van der Waals surface area (Å²) in [6, 6.07) is 2.03. The minimum atomic E-state index is -1.94. The zero-order valence-electron chi connectivity index (χ0n) is 20.0. The summed E-state index contributed by atoms with van der Waals surface area (Å²) in [6.45, 7) is 24.2. The molecule has 0 aromatic carbocycles. The largest absolute Gasteiger partial charge is 0.458 e. The predicted octanol–water partition coefficient (Wildman–Crippen LogP) is 6.47. The van der Waals surface area contributed by atoms with E-state index < -0.39 is 48.9 Å². The zero-order valence-corrected chi connectivity index (χ0v) is 25.3. The summed E-state index contributed by atoms with van der Waals surface area (Å²) in [7, 11) is -7.32. The molecule has 0 saturated carbocycles. The third-order valence-electron chi connectivity index (χ3n) is 4.26. The second-order valence-electron chi connectivity index (χ2n) is 10.7. The molecule has 0 aliphatic rings. The highest BCUT2D eigenvalue weighted by atomic mass is 28.4. The van der Waals surface area contributed by atoms with Crippen LogP contribution in [0.5, 0.6) is 0 Å². The number of hydrogen-bond donors (Lipinski definition) is 0. The van der Waals surface area contributed by atoms with Crippen LogP contribution >= 0.6 is 0 Å². The molecule has 3 nitrogen and oxygen atoms in total. The molecule has 0 amide bonds. The van der Waals surface area contributed by atoms with Crippen LogP contribution in [0.15, 0.2) is 0 Å². The zero-order chi connectivity index (χ0) is 21.5. The normalized spacial score (nSPS) is 14.4. The topological polar surface area (TPSA) is 27.7 Å². The fourth-order valence-corrected chi connectivity index (χ4v) is 18.2. The first-order chi connectivity index (χ1) is 12.0. The van der Waals surface area contributed by atoms with Crippen molar-refractivity contribution in [1.29, 1.82) is 0 Å². The summed E-state index contributed by atoms with van der Waals surface area (Å²) >= 11 is 0. The molecule has 164 valence electrons. The molecule has 0 fully saturated rings. The number of halogens is 1. The lowest BCUT2D eigenvalue weighted by Crippen LogP contribution is -2.41. The van der Waals surface area contributed by atoms with Gasteiger partial charge in [0.25, 0.3) is 0 Å². The third-order valence-corrected chi connectivity index (χ3v) is 17.2. The Morgan fingerprint density at radius 3 is 1.30 bits per heavy atom. The average molecular weight is 471 g/mol. The van der Waals surface area contributed by atoms with Crippen molar-refractivity contribution < 1.29 is 17.0 Å². The Labute approximate surface area is 175 Å². The highest BCUT2D eigenvalue weighted by molar-refractivity contribution is 6.78. The quantitative estimate of drug-likeness (QED) is 0.272. The maximum atomic E-state index is 15.7. The molecular weight excluding hydrogens is 424 g/mol. The van der Waals surface area contributed by atoms with E-state index in [2.05, 4.69) is 72.0 Å². The third kappa shape index (κ3) is 15.4. The number of alkyl halides is 1. The highest BCUT2D eigenvalue weighted by Crippen LogP contribution is 2.33. The monoisotopic (exact) mass is 470 g/mol. The molecule has 0 aliphatic heterocycles. The van der Waals surface area contributed by atoms with Crippen molar-refractivity contribution in [3.63, 3.8) is 0 Å². The van der Waals surface area contributed by atoms with Gasteiger partial charge in [0.15, 0.2) is 48.9 Å². The minimum absolute atomic E-state index is 0.498. The first-order valence-corrected chi connectivity index (χ1v) is 25.9. The smallest absolute Gasteiger partial charge is 0.200 e. The van der Waals surface area contributed by atoms with Crippen molar-refractivity contribution in [3.8, 4) is 0 Å². The fraction of sp³-hybridized carbons (Fsp3) is 1.00. The summed E-state index contributed by atoms with van der Waals surface area (Å²) in [5, 5.41) is 0. The van der Waals surface area contributed by atoms with Gasteiger partial charge in [0.05, 0.1) is 0 Å². The van der Waals surface area contributed by atoms with Gasteiger partial charge in [-0.2, -0.15) is 0 Å². The van der Waals surface area contributed by atoms with Gasteiger partial charge < -0.3 is 12.7 Å². The van der Waals surface area contributed by atoms with Crippen LogP contribution in [0.3, 0.4) is 0 Å². The van der Waals surface area contributed by atoms with Gasteiger partial charge in [-0.05, 0) is 96.9 Å². The molecule has 0 atom stereocenters. The molecule has 0 radical (unpaired) electrons. The van der Waals surface area contributed by atoms with Gasteiger partial charge in [-0.15, -0.1) is 0 Å². The van der Waals surface area contributed by atoms with Crippen LogP contribution in [0, 0.1) is 0 Å². The lowest BCUT2D eigenvalue weighted by molar-refractivity contribution is -0.0839. The van der Waals surface area contributed by atoms with E-state index in [1.165, 1.54) is 0 Å².